The molecular weight excluding hydrogens is 517 g/mol. The molecule has 4 aromatic rings. The number of aromatic nitrogens is 2. The standard InChI is InChI=1S/C23H26FN3.C8H10.C7H14/c1-16(2)17-10-12-27(13-11-17)15-19-7-5-9-21-22(25-26(3)23(19)21)18-6-4-8-20(24)14-18;1-7-5-3-4-6-8(7)2;1-2-3-4-7-5-6-7/h4-9,14,17H,1,10-13,15H2,2-3H3;3-6H,1-2H3;7H,2-6H2,1H3. The van der Waals surface area contributed by atoms with Gasteiger partial charge in [-0.15, -0.1) is 0 Å². The number of hydrogen-bond donors (Lipinski definition) is 0. The molecular formula is C38H50FN3. The Balaban J connectivity index is 0.000000219. The van der Waals surface area contributed by atoms with Crippen LogP contribution >= 0.6 is 0 Å². The third-order valence-corrected chi connectivity index (χ3v) is 8.81. The van der Waals surface area contributed by atoms with Crippen LogP contribution in [-0.2, 0) is 13.6 Å². The highest BCUT2D eigenvalue weighted by atomic mass is 19.1. The first-order valence-corrected chi connectivity index (χ1v) is 15.9. The maximum atomic E-state index is 13.7. The van der Waals surface area contributed by atoms with Crippen LogP contribution < -0.4 is 0 Å². The van der Waals surface area contributed by atoms with Gasteiger partial charge in [-0.3, -0.25) is 9.58 Å². The Morgan fingerprint density at radius 1 is 0.929 bits per heavy atom. The summed E-state index contributed by atoms with van der Waals surface area (Å²) < 4.78 is 15.6. The van der Waals surface area contributed by atoms with Crippen molar-refractivity contribution in [3.63, 3.8) is 0 Å². The fraction of sp³-hybridized carbons (Fsp3) is 0.447. The molecule has 42 heavy (non-hydrogen) atoms. The number of likely N-dealkylation sites (tertiary alicyclic amines) is 1. The first kappa shape index (κ1) is 31.7. The van der Waals surface area contributed by atoms with Gasteiger partial charge in [0, 0.05) is 24.5 Å². The van der Waals surface area contributed by atoms with Gasteiger partial charge in [-0.1, -0.05) is 106 Å². The summed E-state index contributed by atoms with van der Waals surface area (Å²) in [4.78, 5) is 2.52. The minimum absolute atomic E-state index is 0.233. The lowest BCUT2D eigenvalue weighted by Gasteiger charge is -2.32. The highest BCUT2D eigenvalue weighted by molar-refractivity contribution is 5.95. The minimum Gasteiger partial charge on any atom is -0.299 e. The quantitative estimate of drug-likeness (QED) is 0.207. The van der Waals surface area contributed by atoms with Gasteiger partial charge < -0.3 is 0 Å². The van der Waals surface area contributed by atoms with Crippen molar-refractivity contribution < 1.29 is 4.39 Å². The number of unbranched alkanes of at least 4 members (excludes halogenated alkanes) is 1. The van der Waals surface area contributed by atoms with Gasteiger partial charge in [-0.05, 0) is 87.4 Å². The monoisotopic (exact) mass is 567 g/mol. The van der Waals surface area contributed by atoms with Gasteiger partial charge in [0.15, 0.2) is 0 Å². The van der Waals surface area contributed by atoms with Crippen LogP contribution in [-0.4, -0.2) is 27.8 Å². The molecule has 224 valence electrons. The zero-order chi connectivity index (χ0) is 30.1. The molecule has 1 aliphatic heterocycles. The minimum atomic E-state index is -0.233. The van der Waals surface area contributed by atoms with E-state index >= 15 is 0 Å². The smallest absolute Gasteiger partial charge is 0.123 e. The summed E-state index contributed by atoms with van der Waals surface area (Å²) >= 11 is 0. The highest BCUT2D eigenvalue weighted by Gasteiger charge is 2.22. The molecule has 3 nitrogen and oxygen atoms in total. The molecule has 0 atom stereocenters. The number of piperidine rings is 1. The van der Waals surface area contributed by atoms with E-state index in [1.165, 1.54) is 73.3 Å². The van der Waals surface area contributed by atoms with Crippen molar-refractivity contribution in [2.45, 2.75) is 79.2 Å². The summed E-state index contributed by atoms with van der Waals surface area (Å²) in [5.74, 6) is 1.58. The third-order valence-electron chi connectivity index (χ3n) is 8.81. The highest BCUT2D eigenvalue weighted by Crippen LogP contribution is 2.34. The van der Waals surface area contributed by atoms with Gasteiger partial charge in [0.25, 0.3) is 0 Å². The second-order valence-corrected chi connectivity index (χ2v) is 12.4. The predicted molar refractivity (Wildman–Crippen MR) is 177 cm³/mol. The van der Waals surface area contributed by atoms with Crippen LogP contribution in [0.1, 0.15) is 75.5 Å². The first-order chi connectivity index (χ1) is 20.3. The van der Waals surface area contributed by atoms with E-state index in [4.69, 9.17) is 5.10 Å². The van der Waals surface area contributed by atoms with Crippen LogP contribution in [0, 0.1) is 31.5 Å². The van der Waals surface area contributed by atoms with Crippen LogP contribution in [0.25, 0.3) is 22.2 Å². The molecule has 1 aliphatic carbocycles. The van der Waals surface area contributed by atoms with Crippen molar-refractivity contribution in [3.05, 3.63) is 101 Å². The zero-order valence-electron chi connectivity index (χ0n) is 26.5. The Labute approximate surface area is 253 Å². The molecule has 2 heterocycles. The molecule has 0 unspecified atom stereocenters. The number of aryl methyl sites for hydroxylation is 3. The van der Waals surface area contributed by atoms with Gasteiger partial charge in [0.05, 0.1) is 5.52 Å². The van der Waals surface area contributed by atoms with Crippen molar-refractivity contribution in [2.24, 2.45) is 18.9 Å². The van der Waals surface area contributed by atoms with Crippen LogP contribution in [0.3, 0.4) is 0 Å². The molecule has 3 aromatic carbocycles. The second kappa shape index (κ2) is 15.3. The van der Waals surface area contributed by atoms with Gasteiger partial charge in [0.2, 0.25) is 0 Å². The Kier molecular flexibility index (Phi) is 11.5. The maximum Gasteiger partial charge on any atom is 0.123 e. The summed E-state index contributed by atoms with van der Waals surface area (Å²) in [5, 5.41) is 5.79. The number of hydrogen-bond acceptors (Lipinski definition) is 2. The van der Waals surface area contributed by atoms with Crippen molar-refractivity contribution in [1.29, 1.82) is 0 Å². The van der Waals surface area contributed by atoms with Crippen LogP contribution in [0.5, 0.6) is 0 Å². The van der Waals surface area contributed by atoms with E-state index in [1.54, 1.807) is 12.1 Å². The Morgan fingerprint density at radius 3 is 2.17 bits per heavy atom. The molecule has 2 fully saturated rings. The number of para-hydroxylation sites is 1. The largest absolute Gasteiger partial charge is 0.299 e. The van der Waals surface area contributed by atoms with Gasteiger partial charge in [-0.25, -0.2) is 4.39 Å². The van der Waals surface area contributed by atoms with Crippen molar-refractivity contribution in [1.82, 2.24) is 14.7 Å². The van der Waals surface area contributed by atoms with Crippen LogP contribution in [0.4, 0.5) is 4.39 Å². The number of allylic oxidation sites excluding steroid dienone is 1. The summed E-state index contributed by atoms with van der Waals surface area (Å²) in [6.45, 7) is 15.9. The molecule has 0 radical (unpaired) electrons. The molecule has 1 saturated carbocycles. The van der Waals surface area contributed by atoms with Crippen molar-refractivity contribution in [2.75, 3.05) is 13.1 Å². The average molecular weight is 568 g/mol. The SMILES string of the molecule is C=C(C)C1CCN(Cc2cccc3c(-c4cccc(F)c4)nn(C)c23)CC1.CCCCC1CC1.Cc1ccccc1C. The van der Waals surface area contributed by atoms with E-state index < -0.39 is 0 Å². The normalized spacial score (nSPS) is 15.5. The van der Waals surface area contributed by atoms with E-state index in [1.807, 2.05) is 17.8 Å². The molecule has 0 bridgehead atoms. The number of benzene rings is 3. The third kappa shape index (κ3) is 8.88. The molecule has 1 saturated heterocycles. The number of fused-ring (bicyclic) bond motifs is 1. The first-order valence-electron chi connectivity index (χ1n) is 15.9. The van der Waals surface area contributed by atoms with E-state index in [0.717, 1.165) is 47.7 Å². The molecule has 0 N–H and O–H groups in total. The van der Waals surface area contributed by atoms with E-state index in [-0.39, 0.29) is 5.82 Å². The Morgan fingerprint density at radius 2 is 1.60 bits per heavy atom. The lowest BCUT2D eigenvalue weighted by atomic mass is 9.91. The van der Waals surface area contributed by atoms with E-state index in [0.29, 0.717) is 5.92 Å². The zero-order valence-corrected chi connectivity index (χ0v) is 26.5. The molecule has 0 amide bonds. The fourth-order valence-corrected chi connectivity index (χ4v) is 5.78. The lowest BCUT2D eigenvalue weighted by molar-refractivity contribution is 0.192. The Hall–Kier alpha value is -3.24. The molecule has 6 rings (SSSR count). The van der Waals surface area contributed by atoms with Crippen molar-refractivity contribution in [3.8, 4) is 11.3 Å². The summed E-state index contributed by atoms with van der Waals surface area (Å²) in [7, 11) is 1.97. The fourth-order valence-electron chi connectivity index (χ4n) is 5.78. The maximum absolute atomic E-state index is 13.7. The number of halogens is 1. The van der Waals surface area contributed by atoms with Crippen LogP contribution in [0.2, 0.25) is 0 Å². The lowest BCUT2D eigenvalue weighted by Crippen LogP contribution is -2.33. The van der Waals surface area contributed by atoms with Crippen molar-refractivity contribution >= 4 is 10.9 Å². The predicted octanol–water partition coefficient (Wildman–Crippen LogP) is 10.1. The van der Waals surface area contributed by atoms with Gasteiger partial charge in [0.1, 0.15) is 11.5 Å². The number of rotatable bonds is 7. The second-order valence-electron chi connectivity index (χ2n) is 12.4. The molecule has 4 heteroatoms. The average Bonchev–Trinajstić information content (AvgIpc) is 3.75. The molecule has 0 spiro atoms. The van der Waals surface area contributed by atoms with E-state index in [2.05, 4.69) is 81.6 Å². The summed E-state index contributed by atoms with van der Waals surface area (Å²) in [6, 6.07) is 21.4. The molecule has 1 aromatic heterocycles. The van der Waals surface area contributed by atoms with Gasteiger partial charge in [-0.2, -0.15) is 5.10 Å². The van der Waals surface area contributed by atoms with Crippen LogP contribution in [0.15, 0.2) is 78.9 Å². The molecule has 2 aliphatic rings. The van der Waals surface area contributed by atoms with Gasteiger partial charge >= 0.3 is 0 Å². The topological polar surface area (TPSA) is 21.1 Å². The van der Waals surface area contributed by atoms with E-state index in [9.17, 15) is 4.39 Å². The number of nitrogens with zero attached hydrogens (tertiary/aromatic N) is 3. The Bertz CT molecular complexity index is 1420. The summed E-state index contributed by atoms with van der Waals surface area (Å²) in [5.41, 5.74) is 8.12. The summed E-state index contributed by atoms with van der Waals surface area (Å²) in [6.07, 6.45) is 9.79.